The summed E-state index contributed by atoms with van der Waals surface area (Å²) in [5.74, 6) is 2.89. The highest BCUT2D eigenvalue weighted by Gasteiger charge is 2.22. The van der Waals surface area contributed by atoms with Gasteiger partial charge in [-0.3, -0.25) is 4.90 Å². The van der Waals surface area contributed by atoms with Gasteiger partial charge in [0.05, 0.1) is 32.1 Å². The van der Waals surface area contributed by atoms with E-state index in [2.05, 4.69) is 15.0 Å². The monoisotopic (exact) mass is 383 g/mol. The maximum absolute atomic E-state index is 5.80. The number of benzene rings is 1. The van der Waals surface area contributed by atoms with E-state index in [9.17, 15) is 0 Å². The van der Waals surface area contributed by atoms with Crippen LogP contribution in [0.4, 0.5) is 0 Å². The van der Waals surface area contributed by atoms with Crippen molar-refractivity contribution in [2.45, 2.75) is 39.0 Å². The molecule has 2 aromatic heterocycles. The summed E-state index contributed by atoms with van der Waals surface area (Å²) in [6.45, 7) is 5.47. The van der Waals surface area contributed by atoms with E-state index in [0.29, 0.717) is 31.4 Å². The minimum atomic E-state index is 0.239. The molecule has 3 heterocycles. The van der Waals surface area contributed by atoms with Crippen LogP contribution in [0.2, 0.25) is 0 Å². The number of furan rings is 1. The molecule has 0 N–H and O–H groups in total. The number of ether oxygens (including phenoxy) is 2. The van der Waals surface area contributed by atoms with Crippen molar-refractivity contribution in [2.75, 3.05) is 19.8 Å². The average molecular weight is 383 g/mol. The minimum Gasteiger partial charge on any atom is -0.494 e. The van der Waals surface area contributed by atoms with Gasteiger partial charge in [-0.2, -0.15) is 4.98 Å². The van der Waals surface area contributed by atoms with E-state index in [1.54, 1.807) is 6.26 Å². The van der Waals surface area contributed by atoms with Crippen LogP contribution >= 0.6 is 0 Å². The molecule has 148 valence electrons. The first-order valence-corrected chi connectivity index (χ1v) is 9.72. The minimum absolute atomic E-state index is 0.239. The fourth-order valence-electron chi connectivity index (χ4n) is 3.38. The lowest BCUT2D eigenvalue weighted by atomic mass is 10.2. The largest absolute Gasteiger partial charge is 0.494 e. The van der Waals surface area contributed by atoms with Crippen LogP contribution in [0.25, 0.3) is 11.4 Å². The van der Waals surface area contributed by atoms with Gasteiger partial charge in [-0.15, -0.1) is 0 Å². The van der Waals surface area contributed by atoms with E-state index < -0.39 is 0 Å². The summed E-state index contributed by atoms with van der Waals surface area (Å²) in [4.78, 5) is 6.79. The normalized spacial score (nSPS) is 16.7. The van der Waals surface area contributed by atoms with Gasteiger partial charge in [-0.25, -0.2) is 0 Å². The summed E-state index contributed by atoms with van der Waals surface area (Å²) < 4.78 is 22.3. The average Bonchev–Trinajstić information content (AvgIpc) is 3.46. The molecular formula is C21H25N3O4. The molecule has 0 bridgehead atoms. The molecule has 7 heteroatoms. The molecular weight excluding hydrogens is 358 g/mol. The van der Waals surface area contributed by atoms with Crippen molar-refractivity contribution in [3.05, 3.63) is 54.3 Å². The van der Waals surface area contributed by atoms with Gasteiger partial charge >= 0.3 is 0 Å². The Hall–Kier alpha value is -2.64. The fraction of sp³-hybridized carbons (Fsp3) is 0.429. The van der Waals surface area contributed by atoms with Gasteiger partial charge < -0.3 is 18.4 Å². The topological polar surface area (TPSA) is 73.8 Å². The van der Waals surface area contributed by atoms with Gasteiger partial charge in [0.2, 0.25) is 11.7 Å². The maximum Gasteiger partial charge on any atom is 0.241 e. The van der Waals surface area contributed by atoms with Crippen LogP contribution in [-0.4, -0.2) is 40.9 Å². The number of nitrogens with zero attached hydrogens (tertiary/aromatic N) is 3. The van der Waals surface area contributed by atoms with Crippen LogP contribution < -0.4 is 4.74 Å². The molecule has 0 saturated carbocycles. The van der Waals surface area contributed by atoms with Gasteiger partial charge in [-0.1, -0.05) is 5.16 Å². The lowest BCUT2D eigenvalue weighted by molar-refractivity contribution is 0.0615. The highest BCUT2D eigenvalue weighted by molar-refractivity contribution is 5.55. The molecule has 1 atom stereocenters. The molecule has 28 heavy (non-hydrogen) atoms. The fourth-order valence-corrected chi connectivity index (χ4v) is 3.38. The van der Waals surface area contributed by atoms with Crippen molar-refractivity contribution in [2.24, 2.45) is 0 Å². The highest BCUT2D eigenvalue weighted by atomic mass is 16.5. The first-order valence-electron chi connectivity index (χ1n) is 9.72. The van der Waals surface area contributed by atoms with Gasteiger partial charge in [-0.05, 0) is 56.2 Å². The Morgan fingerprint density at radius 1 is 1.18 bits per heavy atom. The number of aromatic nitrogens is 2. The van der Waals surface area contributed by atoms with E-state index in [1.165, 1.54) is 0 Å². The predicted molar refractivity (Wildman–Crippen MR) is 103 cm³/mol. The summed E-state index contributed by atoms with van der Waals surface area (Å²) in [7, 11) is 0. The Bertz CT molecular complexity index is 839. The Balaban J connectivity index is 1.44. The van der Waals surface area contributed by atoms with Crippen LogP contribution in [-0.2, 0) is 17.8 Å². The van der Waals surface area contributed by atoms with Crippen molar-refractivity contribution < 1.29 is 18.4 Å². The van der Waals surface area contributed by atoms with Gasteiger partial charge in [0.25, 0.3) is 0 Å². The van der Waals surface area contributed by atoms with Crippen LogP contribution in [0.15, 0.2) is 51.6 Å². The Morgan fingerprint density at radius 3 is 2.79 bits per heavy atom. The van der Waals surface area contributed by atoms with Gasteiger partial charge in [0, 0.05) is 18.7 Å². The van der Waals surface area contributed by atoms with E-state index in [1.807, 2.05) is 43.3 Å². The van der Waals surface area contributed by atoms with Crippen LogP contribution in [0.5, 0.6) is 5.75 Å². The lowest BCUT2D eigenvalue weighted by Gasteiger charge is -2.22. The molecule has 0 spiro atoms. The lowest BCUT2D eigenvalue weighted by Crippen LogP contribution is -2.31. The SMILES string of the molecule is CCOc1ccc(-c2noc(CN(Cc3ccco3)CC3CCCO3)n2)cc1. The molecule has 4 rings (SSSR count). The van der Waals surface area contributed by atoms with E-state index in [-0.39, 0.29) is 6.10 Å². The smallest absolute Gasteiger partial charge is 0.241 e. The van der Waals surface area contributed by atoms with E-state index in [0.717, 1.165) is 43.1 Å². The molecule has 0 amide bonds. The third-order valence-electron chi connectivity index (χ3n) is 4.70. The van der Waals surface area contributed by atoms with Crippen molar-refractivity contribution in [1.29, 1.82) is 0 Å². The Labute approximate surface area is 164 Å². The zero-order valence-corrected chi connectivity index (χ0v) is 16.0. The second kappa shape index (κ2) is 9.03. The van der Waals surface area contributed by atoms with Crippen LogP contribution in [0, 0.1) is 0 Å². The summed E-state index contributed by atoms with van der Waals surface area (Å²) in [6.07, 6.45) is 4.12. The quantitative estimate of drug-likeness (QED) is 0.554. The van der Waals surface area contributed by atoms with Crippen molar-refractivity contribution in [1.82, 2.24) is 15.0 Å². The summed E-state index contributed by atoms with van der Waals surface area (Å²) in [5, 5.41) is 4.14. The third kappa shape index (κ3) is 4.79. The molecule has 1 aromatic carbocycles. The molecule has 7 nitrogen and oxygen atoms in total. The number of hydrogen-bond donors (Lipinski definition) is 0. The Kier molecular flexibility index (Phi) is 6.04. The second-order valence-corrected chi connectivity index (χ2v) is 6.85. The summed E-state index contributed by atoms with van der Waals surface area (Å²) >= 11 is 0. The highest BCUT2D eigenvalue weighted by Crippen LogP contribution is 2.21. The molecule has 1 fully saturated rings. The standard InChI is InChI=1S/C21H25N3O4/c1-2-25-17-9-7-16(8-10-17)21-22-20(28-23-21)15-24(13-18-5-3-11-26-18)14-19-6-4-12-27-19/h3,5,7-11,19H,2,4,6,12-15H2,1H3. The molecule has 1 saturated heterocycles. The van der Waals surface area contributed by atoms with Crippen molar-refractivity contribution in [3.8, 4) is 17.1 Å². The molecule has 1 aliphatic rings. The van der Waals surface area contributed by atoms with Gasteiger partial charge in [0.15, 0.2) is 0 Å². The van der Waals surface area contributed by atoms with Crippen LogP contribution in [0.3, 0.4) is 0 Å². The molecule has 3 aromatic rings. The zero-order chi connectivity index (χ0) is 19.2. The third-order valence-corrected chi connectivity index (χ3v) is 4.70. The second-order valence-electron chi connectivity index (χ2n) is 6.85. The van der Waals surface area contributed by atoms with Crippen molar-refractivity contribution >= 4 is 0 Å². The maximum atomic E-state index is 5.80. The molecule has 1 unspecified atom stereocenters. The first-order chi connectivity index (χ1) is 13.8. The summed E-state index contributed by atoms with van der Waals surface area (Å²) in [6, 6.07) is 11.6. The van der Waals surface area contributed by atoms with Crippen LogP contribution in [0.1, 0.15) is 31.4 Å². The molecule has 1 aliphatic heterocycles. The number of hydrogen-bond acceptors (Lipinski definition) is 7. The molecule has 0 aliphatic carbocycles. The zero-order valence-electron chi connectivity index (χ0n) is 16.0. The predicted octanol–water partition coefficient (Wildman–Crippen LogP) is 3.91. The van der Waals surface area contributed by atoms with Crippen molar-refractivity contribution in [3.63, 3.8) is 0 Å². The van der Waals surface area contributed by atoms with E-state index >= 15 is 0 Å². The van der Waals surface area contributed by atoms with Gasteiger partial charge in [0.1, 0.15) is 11.5 Å². The molecule has 0 radical (unpaired) electrons. The first kappa shape index (κ1) is 18.7. The summed E-state index contributed by atoms with van der Waals surface area (Å²) in [5.41, 5.74) is 0.898. The Morgan fingerprint density at radius 2 is 2.07 bits per heavy atom. The van der Waals surface area contributed by atoms with E-state index in [4.69, 9.17) is 18.4 Å². The number of rotatable bonds is 9.